The first-order valence-electron chi connectivity index (χ1n) is 11.0. The second-order valence-electron chi connectivity index (χ2n) is 10.0. The maximum absolute atomic E-state index is 12.2. The van der Waals surface area contributed by atoms with E-state index in [0.29, 0.717) is 26.1 Å². The van der Waals surface area contributed by atoms with Crippen molar-refractivity contribution in [3.05, 3.63) is 59.9 Å². The third-order valence-electron chi connectivity index (χ3n) is 5.35. The number of rotatable bonds is 7. The van der Waals surface area contributed by atoms with Crippen LogP contribution in [0, 0.1) is 5.41 Å². The SMILES string of the molecule is CC(C)(C)C(=O)NCCc1nc2ccccc2n1CCOc1ccc(C(C)(C)C)cc1. The van der Waals surface area contributed by atoms with Crippen LogP contribution in [0.15, 0.2) is 48.5 Å². The Labute approximate surface area is 185 Å². The van der Waals surface area contributed by atoms with E-state index in [2.05, 4.69) is 48.9 Å². The molecule has 5 heteroatoms. The Morgan fingerprint density at radius 3 is 2.32 bits per heavy atom. The fourth-order valence-corrected chi connectivity index (χ4v) is 3.42. The number of hydrogen-bond acceptors (Lipinski definition) is 3. The minimum Gasteiger partial charge on any atom is -0.492 e. The molecule has 0 radical (unpaired) electrons. The van der Waals surface area contributed by atoms with E-state index in [1.807, 2.05) is 51.1 Å². The molecule has 3 aromatic rings. The second-order valence-corrected chi connectivity index (χ2v) is 10.0. The Balaban J connectivity index is 1.66. The van der Waals surface area contributed by atoms with E-state index in [1.165, 1.54) is 5.56 Å². The zero-order chi connectivity index (χ0) is 22.6. The highest BCUT2D eigenvalue weighted by Gasteiger charge is 2.21. The van der Waals surface area contributed by atoms with Gasteiger partial charge in [-0.1, -0.05) is 65.8 Å². The van der Waals surface area contributed by atoms with Gasteiger partial charge in [-0.2, -0.15) is 0 Å². The number of carbonyl (C=O) groups is 1. The molecule has 0 fully saturated rings. The molecule has 1 aromatic heterocycles. The third-order valence-corrected chi connectivity index (χ3v) is 5.35. The van der Waals surface area contributed by atoms with E-state index >= 15 is 0 Å². The Bertz CT molecular complexity index is 1020. The lowest BCUT2D eigenvalue weighted by Gasteiger charge is -2.19. The van der Waals surface area contributed by atoms with E-state index in [4.69, 9.17) is 9.72 Å². The number of aromatic nitrogens is 2. The Morgan fingerprint density at radius 1 is 1.00 bits per heavy atom. The molecular weight excluding hydrogens is 386 g/mol. The van der Waals surface area contributed by atoms with Gasteiger partial charge >= 0.3 is 0 Å². The van der Waals surface area contributed by atoms with E-state index < -0.39 is 5.41 Å². The molecule has 0 atom stereocenters. The van der Waals surface area contributed by atoms with Crippen LogP contribution in [0.2, 0.25) is 0 Å². The first-order chi connectivity index (χ1) is 14.6. The van der Waals surface area contributed by atoms with Crippen LogP contribution in [0.4, 0.5) is 0 Å². The fourth-order valence-electron chi connectivity index (χ4n) is 3.42. The van der Waals surface area contributed by atoms with Crippen LogP contribution in [-0.2, 0) is 23.2 Å². The number of nitrogens with one attached hydrogen (secondary N) is 1. The van der Waals surface area contributed by atoms with Crippen molar-refractivity contribution in [1.29, 1.82) is 0 Å². The molecule has 1 amide bonds. The molecule has 166 valence electrons. The topological polar surface area (TPSA) is 56.2 Å². The van der Waals surface area contributed by atoms with E-state index in [9.17, 15) is 4.79 Å². The minimum absolute atomic E-state index is 0.0530. The standard InChI is InChI=1S/C26H35N3O2/c1-25(2,3)19-11-13-20(14-12-19)31-18-17-29-22-10-8-7-9-21(22)28-23(29)15-16-27-24(30)26(4,5)6/h7-14H,15-18H2,1-6H3,(H,27,30). The monoisotopic (exact) mass is 421 g/mol. The second kappa shape index (κ2) is 9.13. The van der Waals surface area contributed by atoms with Gasteiger partial charge in [-0.3, -0.25) is 4.79 Å². The van der Waals surface area contributed by atoms with Crippen molar-refractivity contribution in [2.24, 2.45) is 5.41 Å². The summed E-state index contributed by atoms with van der Waals surface area (Å²) in [4.78, 5) is 17.0. The summed E-state index contributed by atoms with van der Waals surface area (Å²) in [6.07, 6.45) is 0.677. The molecule has 31 heavy (non-hydrogen) atoms. The van der Waals surface area contributed by atoms with Gasteiger partial charge in [-0.05, 0) is 35.2 Å². The molecule has 0 aliphatic carbocycles. The van der Waals surface area contributed by atoms with Crippen molar-refractivity contribution in [2.45, 2.75) is 59.9 Å². The van der Waals surface area contributed by atoms with Gasteiger partial charge in [0.25, 0.3) is 0 Å². The summed E-state index contributed by atoms with van der Waals surface area (Å²) in [5, 5.41) is 3.02. The van der Waals surface area contributed by atoms with Gasteiger partial charge in [-0.25, -0.2) is 4.98 Å². The average molecular weight is 422 g/mol. The summed E-state index contributed by atoms with van der Waals surface area (Å²) in [6, 6.07) is 16.5. The van der Waals surface area contributed by atoms with E-state index in [-0.39, 0.29) is 11.3 Å². The summed E-state index contributed by atoms with van der Waals surface area (Å²) < 4.78 is 8.22. The van der Waals surface area contributed by atoms with Gasteiger partial charge < -0.3 is 14.6 Å². The summed E-state index contributed by atoms with van der Waals surface area (Å²) in [6.45, 7) is 14.2. The van der Waals surface area contributed by atoms with Crippen LogP contribution in [-0.4, -0.2) is 28.6 Å². The number of imidazole rings is 1. The third kappa shape index (κ3) is 5.87. The van der Waals surface area contributed by atoms with Crippen molar-refractivity contribution >= 4 is 16.9 Å². The molecule has 0 aliphatic heterocycles. The normalized spacial score (nSPS) is 12.2. The molecule has 0 saturated heterocycles. The maximum Gasteiger partial charge on any atom is 0.225 e. The Morgan fingerprint density at radius 2 is 1.68 bits per heavy atom. The highest BCUT2D eigenvalue weighted by Crippen LogP contribution is 2.24. The quantitative estimate of drug-likeness (QED) is 0.576. The molecule has 1 N–H and O–H groups in total. The first kappa shape index (κ1) is 22.9. The molecule has 3 rings (SSSR count). The van der Waals surface area contributed by atoms with E-state index in [1.54, 1.807) is 0 Å². The van der Waals surface area contributed by atoms with Crippen LogP contribution < -0.4 is 10.1 Å². The Kier molecular flexibility index (Phi) is 6.73. The van der Waals surface area contributed by atoms with Crippen molar-refractivity contribution < 1.29 is 9.53 Å². The number of hydrogen-bond donors (Lipinski definition) is 1. The van der Waals surface area contributed by atoms with Gasteiger partial charge in [0.05, 0.1) is 17.6 Å². The number of carbonyl (C=O) groups excluding carboxylic acids is 1. The van der Waals surface area contributed by atoms with Gasteiger partial charge in [0.2, 0.25) is 5.91 Å². The molecular formula is C26H35N3O2. The van der Waals surface area contributed by atoms with Crippen LogP contribution in [0.1, 0.15) is 52.9 Å². The van der Waals surface area contributed by atoms with Crippen molar-refractivity contribution in [3.8, 4) is 5.75 Å². The lowest BCUT2D eigenvalue weighted by atomic mass is 9.87. The number of nitrogens with zero attached hydrogens (tertiary/aromatic N) is 2. The number of amides is 1. The zero-order valence-electron chi connectivity index (χ0n) is 19.7. The molecule has 0 spiro atoms. The van der Waals surface area contributed by atoms with Gasteiger partial charge in [-0.15, -0.1) is 0 Å². The molecule has 0 aliphatic rings. The molecule has 1 heterocycles. The van der Waals surface area contributed by atoms with E-state index in [0.717, 1.165) is 22.6 Å². The minimum atomic E-state index is -0.392. The molecule has 0 bridgehead atoms. The van der Waals surface area contributed by atoms with Crippen molar-refractivity contribution in [3.63, 3.8) is 0 Å². The predicted octanol–water partition coefficient (Wildman–Crippen LogP) is 5.12. The van der Waals surface area contributed by atoms with Crippen LogP contribution in [0.5, 0.6) is 5.75 Å². The Hall–Kier alpha value is -2.82. The van der Waals surface area contributed by atoms with Gasteiger partial charge in [0.15, 0.2) is 0 Å². The average Bonchev–Trinajstić information content (AvgIpc) is 3.04. The number of fused-ring (bicyclic) bond motifs is 1. The van der Waals surface area contributed by atoms with Crippen LogP contribution in [0.25, 0.3) is 11.0 Å². The summed E-state index contributed by atoms with van der Waals surface area (Å²) in [5.74, 6) is 1.88. The molecule has 2 aromatic carbocycles. The van der Waals surface area contributed by atoms with Crippen molar-refractivity contribution in [2.75, 3.05) is 13.2 Å². The first-order valence-corrected chi connectivity index (χ1v) is 11.0. The molecule has 5 nitrogen and oxygen atoms in total. The smallest absolute Gasteiger partial charge is 0.225 e. The fraction of sp³-hybridized carbons (Fsp3) is 0.462. The largest absolute Gasteiger partial charge is 0.492 e. The number of ether oxygens (including phenoxy) is 1. The predicted molar refractivity (Wildman–Crippen MR) is 127 cm³/mol. The zero-order valence-corrected chi connectivity index (χ0v) is 19.7. The number of benzene rings is 2. The van der Waals surface area contributed by atoms with Crippen LogP contribution >= 0.6 is 0 Å². The molecule has 0 unspecified atom stereocenters. The maximum atomic E-state index is 12.2. The van der Waals surface area contributed by atoms with Gasteiger partial charge in [0, 0.05) is 18.4 Å². The summed E-state index contributed by atoms with van der Waals surface area (Å²) >= 11 is 0. The highest BCUT2D eigenvalue weighted by molar-refractivity contribution is 5.81. The summed E-state index contributed by atoms with van der Waals surface area (Å²) in [7, 11) is 0. The lowest BCUT2D eigenvalue weighted by molar-refractivity contribution is -0.128. The highest BCUT2D eigenvalue weighted by atomic mass is 16.5. The van der Waals surface area contributed by atoms with Crippen molar-refractivity contribution in [1.82, 2.24) is 14.9 Å². The summed E-state index contributed by atoms with van der Waals surface area (Å²) in [5.41, 5.74) is 3.09. The number of para-hydroxylation sites is 2. The van der Waals surface area contributed by atoms with Crippen LogP contribution in [0.3, 0.4) is 0 Å². The molecule has 0 saturated carbocycles. The van der Waals surface area contributed by atoms with Gasteiger partial charge in [0.1, 0.15) is 18.2 Å². The lowest BCUT2D eigenvalue weighted by Crippen LogP contribution is -2.36.